The maximum absolute atomic E-state index is 10.9. The van der Waals surface area contributed by atoms with E-state index in [9.17, 15) is 4.79 Å². The predicted octanol–water partition coefficient (Wildman–Crippen LogP) is 2.01. The molecule has 2 N–H and O–H groups in total. The molecular formula is C11H16N4O2. The van der Waals surface area contributed by atoms with Crippen LogP contribution >= 0.6 is 0 Å². The number of amides is 1. The van der Waals surface area contributed by atoms with Gasteiger partial charge in [0.2, 0.25) is 0 Å². The maximum atomic E-state index is 10.9. The maximum Gasteiger partial charge on any atom is 0.412 e. The minimum atomic E-state index is -0.546. The summed E-state index contributed by atoms with van der Waals surface area (Å²) in [6.45, 7) is 0. The molecule has 0 spiro atoms. The average Bonchev–Trinajstić information content (AvgIpc) is 2.84. The number of carbonyl (C=O) groups is 1. The molecule has 0 aromatic carbocycles. The lowest BCUT2D eigenvalue weighted by Crippen LogP contribution is -2.17. The van der Waals surface area contributed by atoms with Crippen molar-refractivity contribution >= 4 is 17.7 Å². The Balaban J connectivity index is 1.90. The first-order valence-electron chi connectivity index (χ1n) is 5.73. The van der Waals surface area contributed by atoms with Crippen LogP contribution in [0.3, 0.4) is 0 Å². The molecule has 1 fully saturated rings. The van der Waals surface area contributed by atoms with Crippen LogP contribution in [0.4, 0.5) is 16.4 Å². The van der Waals surface area contributed by atoms with Gasteiger partial charge in [0.05, 0.1) is 7.11 Å². The summed E-state index contributed by atoms with van der Waals surface area (Å²) in [5, 5.41) is 13.7. The van der Waals surface area contributed by atoms with Crippen molar-refractivity contribution in [2.75, 3.05) is 17.7 Å². The van der Waals surface area contributed by atoms with E-state index in [1.807, 2.05) is 0 Å². The van der Waals surface area contributed by atoms with E-state index in [1.54, 1.807) is 12.1 Å². The standard InChI is InChI=1S/C11H16N4O2/c1-17-11(16)13-10-7-6-9(14-15-10)12-8-4-2-3-5-8/h6-8H,2-5H2,1H3,(H,12,14)(H,13,15,16). The topological polar surface area (TPSA) is 76.1 Å². The molecule has 0 radical (unpaired) electrons. The van der Waals surface area contributed by atoms with E-state index in [0.717, 1.165) is 5.82 Å². The highest BCUT2D eigenvalue weighted by molar-refractivity contribution is 5.83. The molecule has 1 saturated carbocycles. The van der Waals surface area contributed by atoms with Gasteiger partial charge in [0, 0.05) is 6.04 Å². The summed E-state index contributed by atoms with van der Waals surface area (Å²) >= 11 is 0. The summed E-state index contributed by atoms with van der Waals surface area (Å²) in [7, 11) is 1.30. The Morgan fingerprint density at radius 3 is 2.53 bits per heavy atom. The fourth-order valence-corrected chi connectivity index (χ4v) is 1.91. The van der Waals surface area contributed by atoms with E-state index in [0.29, 0.717) is 11.9 Å². The Hall–Kier alpha value is -1.85. The van der Waals surface area contributed by atoms with Gasteiger partial charge in [-0.15, -0.1) is 10.2 Å². The first kappa shape index (κ1) is 11.6. The van der Waals surface area contributed by atoms with Crippen molar-refractivity contribution in [3.8, 4) is 0 Å². The number of aromatic nitrogens is 2. The van der Waals surface area contributed by atoms with Crippen LogP contribution in [-0.2, 0) is 4.74 Å². The summed E-state index contributed by atoms with van der Waals surface area (Å²) in [5.74, 6) is 1.13. The van der Waals surface area contributed by atoms with Crippen molar-refractivity contribution < 1.29 is 9.53 Å². The number of methoxy groups -OCH3 is 1. The number of hydrogen-bond donors (Lipinski definition) is 2. The average molecular weight is 236 g/mol. The van der Waals surface area contributed by atoms with E-state index < -0.39 is 6.09 Å². The first-order chi connectivity index (χ1) is 8.28. The number of nitrogens with one attached hydrogen (secondary N) is 2. The Morgan fingerprint density at radius 1 is 1.29 bits per heavy atom. The van der Waals surface area contributed by atoms with Gasteiger partial charge in [-0.2, -0.15) is 0 Å². The zero-order valence-corrected chi connectivity index (χ0v) is 9.77. The van der Waals surface area contributed by atoms with Crippen molar-refractivity contribution in [1.29, 1.82) is 0 Å². The van der Waals surface area contributed by atoms with E-state index in [-0.39, 0.29) is 0 Å². The molecule has 6 nitrogen and oxygen atoms in total. The lowest BCUT2D eigenvalue weighted by atomic mass is 10.2. The Morgan fingerprint density at radius 2 is 1.94 bits per heavy atom. The zero-order chi connectivity index (χ0) is 12.1. The van der Waals surface area contributed by atoms with Gasteiger partial charge in [-0.25, -0.2) is 4.79 Å². The van der Waals surface area contributed by atoms with Crippen LogP contribution in [0.5, 0.6) is 0 Å². The molecule has 0 atom stereocenters. The Bertz CT molecular complexity index is 374. The summed E-state index contributed by atoms with van der Waals surface area (Å²) in [5.41, 5.74) is 0. The summed E-state index contributed by atoms with van der Waals surface area (Å²) < 4.78 is 4.46. The van der Waals surface area contributed by atoms with E-state index in [2.05, 4.69) is 25.6 Å². The number of hydrogen-bond acceptors (Lipinski definition) is 5. The van der Waals surface area contributed by atoms with Crippen LogP contribution < -0.4 is 10.6 Å². The number of ether oxygens (including phenoxy) is 1. The minimum Gasteiger partial charge on any atom is -0.453 e. The second-order valence-electron chi connectivity index (χ2n) is 4.05. The third kappa shape index (κ3) is 3.30. The molecule has 0 bridgehead atoms. The zero-order valence-electron chi connectivity index (χ0n) is 9.77. The number of carbonyl (C=O) groups excluding carboxylic acids is 1. The molecule has 1 aliphatic rings. The van der Waals surface area contributed by atoms with Gasteiger partial charge in [0.25, 0.3) is 0 Å². The Kier molecular flexibility index (Phi) is 3.74. The van der Waals surface area contributed by atoms with Crippen molar-refractivity contribution in [2.24, 2.45) is 0 Å². The highest BCUT2D eigenvalue weighted by Gasteiger charge is 2.15. The summed E-state index contributed by atoms with van der Waals surface area (Å²) in [6, 6.07) is 4.00. The first-order valence-corrected chi connectivity index (χ1v) is 5.73. The number of anilines is 2. The molecule has 1 aromatic heterocycles. The van der Waals surface area contributed by atoms with Gasteiger partial charge in [-0.1, -0.05) is 12.8 Å². The smallest absolute Gasteiger partial charge is 0.412 e. The van der Waals surface area contributed by atoms with Crippen LogP contribution in [0.25, 0.3) is 0 Å². The molecule has 6 heteroatoms. The normalized spacial score (nSPS) is 15.6. The van der Waals surface area contributed by atoms with Gasteiger partial charge in [0.1, 0.15) is 5.82 Å². The molecule has 0 unspecified atom stereocenters. The van der Waals surface area contributed by atoms with Gasteiger partial charge in [0.15, 0.2) is 5.82 Å². The molecule has 2 rings (SSSR count). The van der Waals surface area contributed by atoms with E-state index >= 15 is 0 Å². The molecule has 17 heavy (non-hydrogen) atoms. The number of nitrogens with zero attached hydrogens (tertiary/aromatic N) is 2. The summed E-state index contributed by atoms with van der Waals surface area (Å²) in [4.78, 5) is 10.9. The van der Waals surface area contributed by atoms with Crippen molar-refractivity contribution in [2.45, 2.75) is 31.7 Å². The molecule has 1 aromatic rings. The molecule has 1 heterocycles. The van der Waals surface area contributed by atoms with Gasteiger partial charge < -0.3 is 10.1 Å². The van der Waals surface area contributed by atoms with Crippen molar-refractivity contribution in [1.82, 2.24) is 10.2 Å². The summed E-state index contributed by atoms with van der Waals surface area (Å²) in [6.07, 6.45) is 4.36. The van der Waals surface area contributed by atoms with Gasteiger partial charge in [-0.3, -0.25) is 5.32 Å². The fraction of sp³-hybridized carbons (Fsp3) is 0.545. The molecule has 0 aliphatic heterocycles. The molecule has 0 saturated heterocycles. The van der Waals surface area contributed by atoms with Crippen molar-refractivity contribution in [3.05, 3.63) is 12.1 Å². The third-order valence-corrected chi connectivity index (χ3v) is 2.79. The lowest BCUT2D eigenvalue weighted by molar-refractivity contribution is 0.187. The van der Waals surface area contributed by atoms with Crippen molar-refractivity contribution in [3.63, 3.8) is 0 Å². The highest BCUT2D eigenvalue weighted by atomic mass is 16.5. The molecule has 1 amide bonds. The van der Waals surface area contributed by atoms with Gasteiger partial charge >= 0.3 is 6.09 Å². The third-order valence-electron chi connectivity index (χ3n) is 2.79. The number of rotatable bonds is 3. The second-order valence-corrected chi connectivity index (χ2v) is 4.05. The minimum absolute atomic E-state index is 0.383. The van der Waals surface area contributed by atoms with Crippen LogP contribution in [-0.4, -0.2) is 29.4 Å². The largest absolute Gasteiger partial charge is 0.453 e. The molecule has 92 valence electrons. The second kappa shape index (κ2) is 5.47. The quantitative estimate of drug-likeness (QED) is 0.839. The predicted molar refractivity (Wildman–Crippen MR) is 63.9 cm³/mol. The van der Waals surface area contributed by atoms with Gasteiger partial charge in [-0.05, 0) is 25.0 Å². The highest BCUT2D eigenvalue weighted by Crippen LogP contribution is 2.21. The monoisotopic (exact) mass is 236 g/mol. The SMILES string of the molecule is COC(=O)Nc1ccc(NC2CCCC2)nn1. The Labute approximate surface area is 99.8 Å². The van der Waals surface area contributed by atoms with Crippen LogP contribution in [0.15, 0.2) is 12.1 Å². The lowest BCUT2D eigenvalue weighted by Gasteiger charge is -2.11. The molecule has 1 aliphatic carbocycles. The van der Waals surface area contributed by atoms with E-state index in [1.165, 1.54) is 32.8 Å². The van der Waals surface area contributed by atoms with Crippen LogP contribution in [0.2, 0.25) is 0 Å². The molecular weight excluding hydrogens is 220 g/mol. The van der Waals surface area contributed by atoms with Crippen LogP contribution in [0, 0.1) is 0 Å². The van der Waals surface area contributed by atoms with Crippen LogP contribution in [0.1, 0.15) is 25.7 Å². The fourth-order valence-electron chi connectivity index (χ4n) is 1.91. The van der Waals surface area contributed by atoms with E-state index in [4.69, 9.17) is 0 Å².